The first-order chi connectivity index (χ1) is 10.5. The van der Waals surface area contributed by atoms with Crippen LogP contribution in [0.5, 0.6) is 11.5 Å². The first-order valence-corrected chi connectivity index (χ1v) is 8.00. The molecule has 1 aliphatic rings. The summed E-state index contributed by atoms with van der Waals surface area (Å²) in [6.07, 6.45) is 0.773. The van der Waals surface area contributed by atoms with Gasteiger partial charge in [0.05, 0.1) is 5.56 Å². The lowest BCUT2D eigenvalue weighted by atomic mass is 10.2. The van der Waals surface area contributed by atoms with Crippen molar-refractivity contribution in [2.75, 3.05) is 5.32 Å². The SMILES string of the molecule is CC[C@@]1(C)Oc2ccc(NCc3cc(C(N)=O)cs3)cc2O1. The monoisotopic (exact) mass is 318 g/mol. The molecule has 0 fully saturated rings. The van der Waals surface area contributed by atoms with Gasteiger partial charge in [-0.05, 0) is 18.2 Å². The Kier molecular flexibility index (Phi) is 3.70. The van der Waals surface area contributed by atoms with Crippen LogP contribution in [0.25, 0.3) is 0 Å². The van der Waals surface area contributed by atoms with Gasteiger partial charge in [-0.3, -0.25) is 4.79 Å². The predicted octanol–water partition coefficient (Wildman–Crippen LogP) is 3.36. The van der Waals surface area contributed by atoms with Crippen molar-refractivity contribution in [3.63, 3.8) is 0 Å². The summed E-state index contributed by atoms with van der Waals surface area (Å²) in [5, 5.41) is 5.08. The fraction of sp³-hybridized carbons (Fsp3) is 0.312. The van der Waals surface area contributed by atoms with Crippen LogP contribution in [-0.4, -0.2) is 11.7 Å². The first kappa shape index (κ1) is 14.7. The molecule has 2 heterocycles. The number of fused-ring (bicyclic) bond motifs is 1. The van der Waals surface area contributed by atoms with Crippen LogP contribution >= 0.6 is 11.3 Å². The van der Waals surface area contributed by atoms with Gasteiger partial charge in [0.1, 0.15) is 0 Å². The summed E-state index contributed by atoms with van der Waals surface area (Å²) >= 11 is 1.51. The van der Waals surface area contributed by atoms with Crippen molar-refractivity contribution in [3.05, 3.63) is 40.1 Å². The predicted molar refractivity (Wildman–Crippen MR) is 86.6 cm³/mol. The molecule has 5 nitrogen and oxygen atoms in total. The second-order valence-corrected chi connectivity index (χ2v) is 6.37. The molecule has 0 radical (unpaired) electrons. The number of hydrogen-bond donors (Lipinski definition) is 2. The lowest BCUT2D eigenvalue weighted by molar-refractivity contribution is -0.0640. The number of amides is 1. The third-order valence-electron chi connectivity index (χ3n) is 3.64. The molecule has 0 saturated heterocycles. The number of thiophene rings is 1. The van der Waals surface area contributed by atoms with Crippen molar-refractivity contribution in [1.82, 2.24) is 0 Å². The molecule has 0 aliphatic carbocycles. The minimum absolute atomic E-state index is 0.399. The molecule has 0 spiro atoms. The standard InChI is InChI=1S/C16H18N2O3S/c1-3-16(2)20-13-5-4-11(7-14(13)21-16)18-8-12-6-10(9-22-12)15(17)19/h4-7,9,18H,3,8H2,1-2H3,(H2,17,19)/t16-/m0/s1. The Bertz CT molecular complexity index is 713. The van der Waals surface area contributed by atoms with E-state index >= 15 is 0 Å². The van der Waals surface area contributed by atoms with E-state index in [1.165, 1.54) is 11.3 Å². The van der Waals surface area contributed by atoms with E-state index in [9.17, 15) is 4.79 Å². The third kappa shape index (κ3) is 2.87. The molecule has 1 atom stereocenters. The number of nitrogens with one attached hydrogen (secondary N) is 1. The Hall–Kier alpha value is -2.21. The van der Waals surface area contributed by atoms with Crippen LogP contribution in [0.15, 0.2) is 29.6 Å². The van der Waals surface area contributed by atoms with Crippen molar-refractivity contribution in [2.45, 2.75) is 32.6 Å². The third-order valence-corrected chi connectivity index (χ3v) is 4.58. The van der Waals surface area contributed by atoms with Crippen LogP contribution < -0.4 is 20.5 Å². The number of nitrogens with two attached hydrogens (primary N) is 1. The number of carbonyl (C=O) groups excluding carboxylic acids is 1. The molecule has 3 rings (SSSR count). The quantitative estimate of drug-likeness (QED) is 0.886. The van der Waals surface area contributed by atoms with E-state index in [1.54, 1.807) is 11.4 Å². The largest absolute Gasteiger partial charge is 0.449 e. The highest BCUT2D eigenvalue weighted by molar-refractivity contribution is 7.10. The number of hydrogen-bond acceptors (Lipinski definition) is 5. The minimum atomic E-state index is -0.578. The number of ether oxygens (including phenoxy) is 2. The summed E-state index contributed by atoms with van der Waals surface area (Å²) in [6.45, 7) is 4.58. The Morgan fingerprint density at radius 2 is 2.09 bits per heavy atom. The summed E-state index contributed by atoms with van der Waals surface area (Å²) in [4.78, 5) is 12.1. The highest BCUT2D eigenvalue weighted by Gasteiger charge is 2.34. The number of benzene rings is 1. The maximum atomic E-state index is 11.1. The second kappa shape index (κ2) is 5.53. The van der Waals surface area contributed by atoms with Gasteiger partial charge < -0.3 is 20.5 Å². The van der Waals surface area contributed by atoms with E-state index < -0.39 is 11.7 Å². The van der Waals surface area contributed by atoms with Gasteiger partial charge in [0.25, 0.3) is 0 Å². The molecular weight excluding hydrogens is 300 g/mol. The Morgan fingerprint density at radius 1 is 1.32 bits per heavy atom. The molecule has 116 valence electrons. The van der Waals surface area contributed by atoms with Crippen molar-refractivity contribution < 1.29 is 14.3 Å². The van der Waals surface area contributed by atoms with Crippen LogP contribution in [0.2, 0.25) is 0 Å². The maximum Gasteiger partial charge on any atom is 0.249 e. The van der Waals surface area contributed by atoms with E-state index in [0.717, 1.165) is 28.5 Å². The highest BCUT2D eigenvalue weighted by atomic mass is 32.1. The van der Waals surface area contributed by atoms with E-state index in [-0.39, 0.29) is 0 Å². The molecule has 6 heteroatoms. The molecule has 1 amide bonds. The Labute approximate surface area is 133 Å². The van der Waals surface area contributed by atoms with Crippen LogP contribution in [0, 0.1) is 0 Å². The average molecular weight is 318 g/mol. The van der Waals surface area contributed by atoms with E-state index in [0.29, 0.717) is 12.1 Å². The Morgan fingerprint density at radius 3 is 2.77 bits per heavy atom. The molecule has 1 aromatic heterocycles. The summed E-state index contributed by atoms with van der Waals surface area (Å²) in [7, 11) is 0. The summed E-state index contributed by atoms with van der Waals surface area (Å²) in [5.74, 6) is 0.537. The fourth-order valence-corrected chi connectivity index (χ4v) is 3.02. The van der Waals surface area contributed by atoms with Crippen molar-refractivity contribution >= 4 is 22.9 Å². The molecule has 0 bridgehead atoms. The molecule has 0 saturated carbocycles. The van der Waals surface area contributed by atoms with Gasteiger partial charge in [0.2, 0.25) is 11.7 Å². The van der Waals surface area contributed by atoms with Gasteiger partial charge in [-0.1, -0.05) is 6.92 Å². The van der Waals surface area contributed by atoms with Crippen molar-refractivity contribution in [3.8, 4) is 11.5 Å². The van der Waals surface area contributed by atoms with Crippen molar-refractivity contribution in [1.29, 1.82) is 0 Å². The van der Waals surface area contributed by atoms with Crippen molar-refractivity contribution in [2.24, 2.45) is 5.73 Å². The van der Waals surface area contributed by atoms with Crippen LogP contribution in [0.1, 0.15) is 35.5 Å². The average Bonchev–Trinajstić information content (AvgIpc) is 3.08. The first-order valence-electron chi connectivity index (χ1n) is 7.12. The zero-order valence-electron chi connectivity index (χ0n) is 12.5. The molecular formula is C16H18N2O3S. The maximum absolute atomic E-state index is 11.1. The van der Waals surface area contributed by atoms with Crippen LogP contribution in [0.4, 0.5) is 5.69 Å². The van der Waals surface area contributed by atoms with Gasteiger partial charge in [-0.2, -0.15) is 0 Å². The number of rotatable bonds is 5. The fourth-order valence-electron chi connectivity index (χ4n) is 2.20. The molecule has 2 aromatic rings. The van der Waals surface area contributed by atoms with Gasteiger partial charge in [-0.15, -0.1) is 11.3 Å². The van der Waals surface area contributed by atoms with Gasteiger partial charge in [0.15, 0.2) is 11.5 Å². The molecule has 22 heavy (non-hydrogen) atoms. The summed E-state index contributed by atoms with van der Waals surface area (Å²) < 4.78 is 11.6. The summed E-state index contributed by atoms with van der Waals surface area (Å²) in [6, 6.07) is 7.59. The van der Waals surface area contributed by atoms with Crippen LogP contribution in [-0.2, 0) is 6.54 Å². The van der Waals surface area contributed by atoms with Gasteiger partial charge in [0, 0.05) is 41.9 Å². The molecule has 1 aliphatic heterocycles. The van der Waals surface area contributed by atoms with Gasteiger partial charge in [-0.25, -0.2) is 0 Å². The number of carbonyl (C=O) groups is 1. The number of anilines is 1. The lowest BCUT2D eigenvalue weighted by Gasteiger charge is -2.20. The smallest absolute Gasteiger partial charge is 0.249 e. The Balaban J connectivity index is 1.67. The van der Waals surface area contributed by atoms with Crippen LogP contribution in [0.3, 0.4) is 0 Å². The van der Waals surface area contributed by atoms with E-state index in [1.807, 2.05) is 32.0 Å². The van der Waals surface area contributed by atoms with E-state index in [2.05, 4.69) is 5.32 Å². The zero-order chi connectivity index (χ0) is 15.7. The topological polar surface area (TPSA) is 73.6 Å². The molecule has 1 aromatic carbocycles. The lowest BCUT2D eigenvalue weighted by Crippen LogP contribution is -2.33. The zero-order valence-corrected chi connectivity index (χ0v) is 13.3. The van der Waals surface area contributed by atoms with E-state index in [4.69, 9.17) is 15.2 Å². The highest BCUT2D eigenvalue weighted by Crippen LogP contribution is 2.42. The molecule has 0 unspecified atom stereocenters. The molecule has 3 N–H and O–H groups in total. The second-order valence-electron chi connectivity index (χ2n) is 5.37. The minimum Gasteiger partial charge on any atom is -0.449 e. The number of primary amides is 1. The summed E-state index contributed by atoms with van der Waals surface area (Å²) in [5.41, 5.74) is 6.74. The van der Waals surface area contributed by atoms with Gasteiger partial charge >= 0.3 is 0 Å². The normalized spacial score (nSPS) is 19.2.